The monoisotopic (exact) mass is 364 g/mol. The summed E-state index contributed by atoms with van der Waals surface area (Å²) in [4.78, 5) is 11.9. The number of benzene rings is 2. The zero-order chi connectivity index (χ0) is 19.2. The summed E-state index contributed by atoms with van der Waals surface area (Å²) in [6, 6.07) is 19.9. The van der Waals surface area contributed by atoms with Crippen LogP contribution < -0.4 is 5.01 Å². The van der Waals surface area contributed by atoms with E-state index in [9.17, 15) is 15.0 Å². The Bertz CT molecular complexity index is 923. The van der Waals surface area contributed by atoms with Gasteiger partial charge in [-0.05, 0) is 30.3 Å². The number of carbonyl (C=O) groups excluding carboxylic acids is 1. The van der Waals surface area contributed by atoms with E-state index >= 15 is 0 Å². The molecule has 0 fully saturated rings. The molecule has 2 aromatic carbocycles. The maximum atomic E-state index is 11.9. The van der Waals surface area contributed by atoms with Gasteiger partial charge in [0, 0.05) is 6.92 Å². The fourth-order valence-electron chi connectivity index (χ4n) is 2.60. The lowest BCUT2D eigenvalue weighted by molar-refractivity contribution is -0.116. The average molecular weight is 364 g/mol. The van der Waals surface area contributed by atoms with E-state index in [0.29, 0.717) is 17.1 Å². The molecule has 1 amide bonds. The molecule has 1 atom stereocenters. The fourth-order valence-corrected chi connectivity index (χ4v) is 2.60. The minimum atomic E-state index is -1.09. The van der Waals surface area contributed by atoms with Crippen molar-refractivity contribution in [2.45, 2.75) is 13.0 Å². The Kier molecular flexibility index (Phi) is 5.75. The highest BCUT2D eigenvalue weighted by Gasteiger charge is 2.16. The fraction of sp³-hybridized carbons (Fsp3) is 0.150. The Morgan fingerprint density at radius 3 is 2.41 bits per heavy atom. The molecule has 0 aliphatic rings. The molecule has 0 saturated carbocycles. The summed E-state index contributed by atoms with van der Waals surface area (Å²) in [7, 11) is 0. The normalized spacial score (nSPS) is 12.3. The topological polar surface area (TPSA) is 91.0 Å². The molecule has 27 heavy (non-hydrogen) atoms. The van der Waals surface area contributed by atoms with Crippen molar-refractivity contribution >= 4 is 17.8 Å². The Hall–Kier alpha value is -3.29. The molecule has 0 radical (unpaired) electrons. The first kappa shape index (κ1) is 18.5. The van der Waals surface area contributed by atoms with E-state index in [-0.39, 0.29) is 5.91 Å². The van der Waals surface area contributed by atoms with Crippen LogP contribution in [0, 0.1) is 0 Å². The van der Waals surface area contributed by atoms with Gasteiger partial charge in [0.2, 0.25) is 5.91 Å². The molecule has 0 bridgehead atoms. The Labute approximate surface area is 156 Å². The van der Waals surface area contributed by atoms with Gasteiger partial charge in [0.05, 0.1) is 29.9 Å². The lowest BCUT2D eigenvalue weighted by atomic mass is 10.2. The number of hydrogen-bond acceptors (Lipinski definition) is 5. The first-order valence-electron chi connectivity index (χ1n) is 8.44. The van der Waals surface area contributed by atoms with E-state index < -0.39 is 12.7 Å². The van der Waals surface area contributed by atoms with Crippen LogP contribution in [0.2, 0.25) is 0 Å². The molecular weight excluding hydrogens is 344 g/mol. The molecular formula is C20H20N4O3. The van der Waals surface area contributed by atoms with Crippen LogP contribution in [0.15, 0.2) is 71.8 Å². The number of hydrazone groups is 1. The second-order valence-electron chi connectivity index (χ2n) is 5.85. The van der Waals surface area contributed by atoms with Crippen LogP contribution in [0.1, 0.15) is 24.4 Å². The SMILES string of the molecule is CC(=O)N(/N=C\c1cc(C(O)CO)n(-c2ccccc2)n1)c1ccccc1. The molecule has 0 aliphatic heterocycles. The zero-order valence-corrected chi connectivity index (χ0v) is 14.8. The number of rotatable bonds is 6. The van der Waals surface area contributed by atoms with E-state index in [1.165, 1.54) is 18.1 Å². The van der Waals surface area contributed by atoms with Crippen LogP contribution in [0.3, 0.4) is 0 Å². The summed E-state index contributed by atoms with van der Waals surface area (Å²) in [5.74, 6) is -0.240. The van der Waals surface area contributed by atoms with Crippen molar-refractivity contribution in [2.24, 2.45) is 5.10 Å². The smallest absolute Gasteiger partial charge is 0.244 e. The number of hydrogen-bond donors (Lipinski definition) is 2. The Morgan fingerprint density at radius 2 is 1.81 bits per heavy atom. The van der Waals surface area contributed by atoms with Crippen LogP contribution in [-0.2, 0) is 4.79 Å². The van der Waals surface area contributed by atoms with Crippen LogP contribution in [0.5, 0.6) is 0 Å². The first-order chi connectivity index (χ1) is 13.1. The lowest BCUT2D eigenvalue weighted by Crippen LogP contribution is -2.22. The van der Waals surface area contributed by atoms with Crippen molar-refractivity contribution in [3.05, 3.63) is 78.1 Å². The molecule has 138 valence electrons. The van der Waals surface area contributed by atoms with Gasteiger partial charge in [-0.25, -0.2) is 9.69 Å². The lowest BCUT2D eigenvalue weighted by Gasteiger charge is -2.14. The highest BCUT2D eigenvalue weighted by atomic mass is 16.3. The van der Waals surface area contributed by atoms with Gasteiger partial charge in [0.25, 0.3) is 0 Å². The number of nitrogens with zero attached hydrogens (tertiary/aromatic N) is 4. The van der Waals surface area contributed by atoms with Gasteiger partial charge >= 0.3 is 0 Å². The van der Waals surface area contributed by atoms with Gasteiger partial charge in [-0.15, -0.1) is 0 Å². The molecule has 7 heteroatoms. The summed E-state index contributed by atoms with van der Waals surface area (Å²) >= 11 is 0. The number of aliphatic hydroxyl groups is 2. The quantitative estimate of drug-likeness (QED) is 0.519. The van der Waals surface area contributed by atoms with Crippen LogP contribution in [0.25, 0.3) is 5.69 Å². The predicted octanol–water partition coefficient (Wildman–Crippen LogP) is 2.29. The maximum Gasteiger partial charge on any atom is 0.244 e. The van der Waals surface area contributed by atoms with Gasteiger partial charge in [0.15, 0.2) is 0 Å². The van der Waals surface area contributed by atoms with E-state index in [4.69, 9.17) is 0 Å². The molecule has 7 nitrogen and oxygen atoms in total. The minimum Gasteiger partial charge on any atom is -0.393 e. The largest absolute Gasteiger partial charge is 0.393 e. The molecule has 3 rings (SSSR count). The standard InChI is InChI=1S/C20H20N4O3/c1-15(26)23(17-8-4-2-5-9-17)21-13-16-12-19(20(27)14-25)24(22-16)18-10-6-3-7-11-18/h2-13,20,25,27H,14H2,1H3/b21-13-. The summed E-state index contributed by atoms with van der Waals surface area (Å²) in [6.07, 6.45) is 0.361. The number of amides is 1. The summed E-state index contributed by atoms with van der Waals surface area (Å²) in [5, 5.41) is 29.4. The van der Waals surface area contributed by atoms with E-state index in [0.717, 1.165) is 5.69 Å². The molecule has 0 aliphatic carbocycles. The second-order valence-corrected chi connectivity index (χ2v) is 5.85. The van der Waals surface area contributed by atoms with Crippen molar-refractivity contribution in [1.82, 2.24) is 9.78 Å². The van der Waals surface area contributed by atoms with Crippen molar-refractivity contribution < 1.29 is 15.0 Å². The van der Waals surface area contributed by atoms with Gasteiger partial charge in [-0.3, -0.25) is 4.79 Å². The summed E-state index contributed by atoms with van der Waals surface area (Å²) < 4.78 is 1.54. The van der Waals surface area contributed by atoms with Gasteiger partial charge in [0.1, 0.15) is 11.8 Å². The summed E-state index contributed by atoms with van der Waals surface area (Å²) in [6.45, 7) is 0.993. The molecule has 2 N–H and O–H groups in total. The molecule has 1 heterocycles. The van der Waals surface area contributed by atoms with Gasteiger partial charge in [-0.2, -0.15) is 10.2 Å². The van der Waals surface area contributed by atoms with E-state index in [1.54, 1.807) is 22.9 Å². The van der Waals surface area contributed by atoms with E-state index in [1.807, 2.05) is 48.5 Å². The second kappa shape index (κ2) is 8.39. The highest BCUT2D eigenvalue weighted by Crippen LogP contribution is 2.19. The summed E-state index contributed by atoms with van der Waals surface area (Å²) in [5.41, 5.74) is 2.26. The van der Waals surface area contributed by atoms with Gasteiger partial charge < -0.3 is 10.2 Å². The number of para-hydroxylation sites is 2. The first-order valence-corrected chi connectivity index (χ1v) is 8.44. The third-order valence-corrected chi connectivity index (χ3v) is 3.88. The molecule has 0 spiro atoms. The van der Waals surface area contributed by atoms with Crippen molar-refractivity contribution in [3.8, 4) is 5.69 Å². The number of aliphatic hydroxyl groups excluding tert-OH is 2. The van der Waals surface area contributed by atoms with Crippen molar-refractivity contribution in [3.63, 3.8) is 0 Å². The Balaban J connectivity index is 1.96. The average Bonchev–Trinajstić information content (AvgIpc) is 3.13. The Morgan fingerprint density at radius 1 is 1.19 bits per heavy atom. The van der Waals surface area contributed by atoms with Crippen LogP contribution >= 0.6 is 0 Å². The molecule has 1 aromatic heterocycles. The highest BCUT2D eigenvalue weighted by molar-refractivity contribution is 5.93. The maximum absolute atomic E-state index is 11.9. The number of carbonyl (C=O) groups is 1. The third kappa shape index (κ3) is 4.28. The van der Waals surface area contributed by atoms with E-state index in [2.05, 4.69) is 10.2 Å². The molecule has 3 aromatic rings. The van der Waals surface area contributed by atoms with Crippen LogP contribution in [-0.4, -0.2) is 38.7 Å². The van der Waals surface area contributed by atoms with Crippen molar-refractivity contribution in [2.75, 3.05) is 11.6 Å². The minimum absolute atomic E-state index is 0.240. The third-order valence-electron chi connectivity index (χ3n) is 3.88. The van der Waals surface area contributed by atoms with Crippen molar-refractivity contribution in [1.29, 1.82) is 0 Å². The molecule has 1 unspecified atom stereocenters. The van der Waals surface area contributed by atoms with Crippen LogP contribution in [0.4, 0.5) is 5.69 Å². The number of anilines is 1. The number of aromatic nitrogens is 2. The predicted molar refractivity (Wildman–Crippen MR) is 103 cm³/mol. The molecule has 0 saturated heterocycles. The zero-order valence-electron chi connectivity index (χ0n) is 14.8. The van der Waals surface area contributed by atoms with Gasteiger partial charge in [-0.1, -0.05) is 36.4 Å².